The predicted molar refractivity (Wildman–Crippen MR) is 103 cm³/mol. The third kappa shape index (κ3) is 3.44. The number of halogens is 1. The van der Waals surface area contributed by atoms with E-state index >= 15 is 0 Å². The molecule has 150 valence electrons. The number of nitrogens with zero attached hydrogens (tertiary/aromatic N) is 3. The number of rotatable bonds is 6. The third-order valence-electron chi connectivity index (χ3n) is 5.70. The van der Waals surface area contributed by atoms with Gasteiger partial charge < -0.3 is 15.1 Å². The van der Waals surface area contributed by atoms with Gasteiger partial charge in [0.15, 0.2) is 0 Å². The number of amides is 1. The summed E-state index contributed by atoms with van der Waals surface area (Å²) in [5.74, 6) is 1.04. The summed E-state index contributed by atoms with van der Waals surface area (Å²) in [6.45, 7) is 4.51. The van der Waals surface area contributed by atoms with Crippen LogP contribution in [0.5, 0.6) is 0 Å². The van der Waals surface area contributed by atoms with E-state index in [0.717, 1.165) is 28.2 Å². The monoisotopic (exact) mass is 387 g/mol. The SMILES string of the molecule is CC1=C2C(O[C@H](C)[C@H]3CNC(=O)C3)=CC(c3cnn(CCF)c3)=CC2NN1C. The highest BCUT2D eigenvalue weighted by molar-refractivity contribution is 5.79. The molecule has 8 heteroatoms. The molecule has 2 N–H and O–H groups in total. The summed E-state index contributed by atoms with van der Waals surface area (Å²) in [5.41, 5.74) is 7.54. The van der Waals surface area contributed by atoms with E-state index in [0.29, 0.717) is 13.0 Å². The molecule has 1 fully saturated rings. The van der Waals surface area contributed by atoms with Gasteiger partial charge in [-0.05, 0) is 25.5 Å². The lowest BCUT2D eigenvalue weighted by molar-refractivity contribution is -0.119. The minimum absolute atomic E-state index is 0.0000557. The van der Waals surface area contributed by atoms with Gasteiger partial charge in [0, 0.05) is 49.0 Å². The smallest absolute Gasteiger partial charge is 0.220 e. The fraction of sp³-hybridized carbons (Fsp3) is 0.500. The summed E-state index contributed by atoms with van der Waals surface area (Å²) < 4.78 is 20.6. The molecule has 1 aromatic rings. The highest BCUT2D eigenvalue weighted by Gasteiger charge is 2.35. The molecule has 7 nitrogen and oxygen atoms in total. The van der Waals surface area contributed by atoms with Gasteiger partial charge in [0.25, 0.3) is 0 Å². The van der Waals surface area contributed by atoms with Crippen molar-refractivity contribution in [1.29, 1.82) is 0 Å². The van der Waals surface area contributed by atoms with Gasteiger partial charge in [0.2, 0.25) is 5.91 Å². The van der Waals surface area contributed by atoms with E-state index < -0.39 is 6.67 Å². The van der Waals surface area contributed by atoms with Gasteiger partial charge in [-0.15, -0.1) is 0 Å². The van der Waals surface area contributed by atoms with Gasteiger partial charge in [0.05, 0.1) is 18.8 Å². The van der Waals surface area contributed by atoms with Crippen molar-refractivity contribution in [1.82, 2.24) is 25.5 Å². The standard InChI is InChI=1S/C20H26FN5O2/c1-12-20-17(24-25(12)3)6-14(16-10-23-26(11-16)5-4-21)7-18(20)28-13(2)15-8-19(27)22-9-15/h6-7,10-11,13,15,17,24H,4-5,8-9H2,1-3H3,(H,22,27)/t13-,15-,17?/m1/s1. The largest absolute Gasteiger partial charge is 0.490 e. The molecule has 0 spiro atoms. The van der Waals surface area contributed by atoms with E-state index in [1.54, 1.807) is 10.9 Å². The second-order valence-corrected chi connectivity index (χ2v) is 7.57. The van der Waals surface area contributed by atoms with Crippen LogP contribution in [0, 0.1) is 5.92 Å². The van der Waals surface area contributed by atoms with Crippen LogP contribution < -0.4 is 10.7 Å². The highest BCUT2D eigenvalue weighted by atomic mass is 19.1. The third-order valence-corrected chi connectivity index (χ3v) is 5.70. The maximum absolute atomic E-state index is 12.6. The van der Waals surface area contributed by atoms with E-state index in [-0.39, 0.29) is 30.5 Å². The van der Waals surface area contributed by atoms with Gasteiger partial charge in [-0.3, -0.25) is 9.48 Å². The fourth-order valence-electron chi connectivity index (χ4n) is 3.93. The molecule has 1 aromatic heterocycles. The molecule has 1 amide bonds. The number of carbonyl (C=O) groups is 1. The van der Waals surface area contributed by atoms with E-state index in [1.165, 1.54) is 0 Å². The van der Waals surface area contributed by atoms with Gasteiger partial charge in [0.1, 0.15) is 18.5 Å². The van der Waals surface area contributed by atoms with Crippen molar-refractivity contribution in [2.75, 3.05) is 20.3 Å². The van der Waals surface area contributed by atoms with E-state index in [1.807, 2.05) is 31.3 Å². The van der Waals surface area contributed by atoms with Crippen molar-refractivity contribution in [3.63, 3.8) is 0 Å². The Bertz CT molecular complexity index is 872. The van der Waals surface area contributed by atoms with Crippen LogP contribution in [0.3, 0.4) is 0 Å². The van der Waals surface area contributed by atoms with E-state index in [2.05, 4.69) is 28.8 Å². The molecule has 3 aliphatic rings. The minimum atomic E-state index is -0.447. The number of carbonyl (C=O) groups excluding carboxylic acids is 1. The van der Waals surface area contributed by atoms with E-state index in [4.69, 9.17) is 4.74 Å². The second kappa shape index (κ2) is 7.43. The van der Waals surface area contributed by atoms with Crippen molar-refractivity contribution in [2.24, 2.45) is 5.92 Å². The lowest BCUT2D eigenvalue weighted by atomic mass is 9.92. The Hall–Kier alpha value is -2.61. The number of fused-ring (bicyclic) bond motifs is 1. The predicted octanol–water partition coefficient (Wildman–Crippen LogP) is 1.77. The van der Waals surface area contributed by atoms with Crippen LogP contribution in [0.15, 0.2) is 41.6 Å². The molecular formula is C20H26FN5O2. The zero-order chi connectivity index (χ0) is 19.8. The number of alkyl halides is 1. The summed E-state index contributed by atoms with van der Waals surface area (Å²) in [6, 6.07) is 0.0000557. The summed E-state index contributed by atoms with van der Waals surface area (Å²) in [5, 5.41) is 9.10. The van der Waals surface area contributed by atoms with Crippen LogP contribution in [-0.2, 0) is 16.1 Å². The lowest BCUT2D eigenvalue weighted by Crippen LogP contribution is -2.34. The Balaban J connectivity index is 1.63. The molecule has 4 rings (SSSR count). The second-order valence-electron chi connectivity index (χ2n) is 7.57. The number of aromatic nitrogens is 2. The average molecular weight is 387 g/mol. The number of aryl methyl sites for hydroxylation is 1. The number of allylic oxidation sites excluding steroid dienone is 3. The zero-order valence-corrected chi connectivity index (χ0v) is 16.4. The average Bonchev–Trinajstić information content (AvgIpc) is 3.36. The Kier molecular flexibility index (Phi) is 4.97. The van der Waals surface area contributed by atoms with Gasteiger partial charge >= 0.3 is 0 Å². The molecule has 1 aliphatic carbocycles. The number of hydrazine groups is 1. The highest BCUT2D eigenvalue weighted by Crippen LogP contribution is 2.36. The maximum atomic E-state index is 12.6. The van der Waals surface area contributed by atoms with Crippen LogP contribution >= 0.6 is 0 Å². The van der Waals surface area contributed by atoms with Crippen molar-refractivity contribution in [3.05, 3.63) is 47.1 Å². The summed E-state index contributed by atoms with van der Waals surface area (Å²) in [4.78, 5) is 11.6. The molecule has 0 radical (unpaired) electrons. The number of hydrogen-bond donors (Lipinski definition) is 2. The first-order valence-corrected chi connectivity index (χ1v) is 9.63. The van der Waals surface area contributed by atoms with Crippen LogP contribution in [0.25, 0.3) is 5.57 Å². The summed E-state index contributed by atoms with van der Waals surface area (Å²) in [7, 11) is 1.98. The molecule has 3 atom stereocenters. The fourth-order valence-corrected chi connectivity index (χ4v) is 3.93. The molecule has 1 unspecified atom stereocenters. The Morgan fingerprint density at radius 1 is 1.46 bits per heavy atom. The van der Waals surface area contributed by atoms with Gasteiger partial charge in [-0.2, -0.15) is 5.10 Å². The number of ether oxygens (including phenoxy) is 1. The molecule has 1 saturated heterocycles. The number of nitrogens with one attached hydrogen (secondary N) is 2. The molecule has 0 bridgehead atoms. The lowest BCUT2D eigenvalue weighted by Gasteiger charge is -2.26. The Labute approximate surface area is 163 Å². The molecule has 0 aromatic carbocycles. The summed E-state index contributed by atoms with van der Waals surface area (Å²) >= 11 is 0. The van der Waals surface area contributed by atoms with Crippen molar-refractivity contribution in [2.45, 2.75) is 39.0 Å². The normalized spacial score (nSPS) is 25.4. The van der Waals surface area contributed by atoms with Crippen LogP contribution in [0.1, 0.15) is 25.8 Å². The summed E-state index contributed by atoms with van der Waals surface area (Å²) in [6.07, 6.45) is 8.16. The first-order chi connectivity index (χ1) is 13.5. The zero-order valence-electron chi connectivity index (χ0n) is 16.4. The van der Waals surface area contributed by atoms with Crippen molar-refractivity contribution in [3.8, 4) is 0 Å². The Morgan fingerprint density at radius 2 is 2.29 bits per heavy atom. The van der Waals surface area contributed by atoms with Crippen LogP contribution in [-0.4, -0.2) is 53.1 Å². The van der Waals surface area contributed by atoms with E-state index in [9.17, 15) is 9.18 Å². The van der Waals surface area contributed by atoms with Crippen LogP contribution in [0.4, 0.5) is 4.39 Å². The topological polar surface area (TPSA) is 71.4 Å². The minimum Gasteiger partial charge on any atom is -0.490 e. The Morgan fingerprint density at radius 3 is 3.00 bits per heavy atom. The quantitative estimate of drug-likeness (QED) is 0.779. The first kappa shape index (κ1) is 18.7. The maximum Gasteiger partial charge on any atom is 0.220 e. The van der Waals surface area contributed by atoms with Gasteiger partial charge in [-0.25, -0.2) is 9.82 Å². The molecule has 28 heavy (non-hydrogen) atoms. The molecular weight excluding hydrogens is 361 g/mol. The van der Waals surface area contributed by atoms with Crippen LogP contribution in [0.2, 0.25) is 0 Å². The molecule has 3 heterocycles. The number of hydrogen-bond acceptors (Lipinski definition) is 5. The van der Waals surface area contributed by atoms with Gasteiger partial charge in [-0.1, -0.05) is 6.08 Å². The first-order valence-electron chi connectivity index (χ1n) is 9.63. The van der Waals surface area contributed by atoms with Crippen molar-refractivity contribution < 1.29 is 13.9 Å². The molecule has 0 saturated carbocycles. The van der Waals surface area contributed by atoms with Crippen molar-refractivity contribution >= 4 is 11.5 Å². The molecule has 2 aliphatic heterocycles.